The van der Waals surface area contributed by atoms with Gasteiger partial charge >= 0.3 is 5.97 Å². The van der Waals surface area contributed by atoms with E-state index >= 15 is 0 Å². The van der Waals surface area contributed by atoms with E-state index in [2.05, 4.69) is 4.90 Å². The number of anilines is 1. The highest BCUT2D eigenvalue weighted by Crippen LogP contribution is 2.35. The number of hydrogen-bond donors (Lipinski definition) is 0. The van der Waals surface area contributed by atoms with Crippen LogP contribution in [-0.2, 0) is 32.0 Å². The van der Waals surface area contributed by atoms with E-state index in [0.717, 1.165) is 56.3 Å². The maximum atomic E-state index is 13.1. The Bertz CT molecular complexity index is 825. The van der Waals surface area contributed by atoms with Gasteiger partial charge in [-0.2, -0.15) is 0 Å². The van der Waals surface area contributed by atoms with E-state index in [1.54, 1.807) is 18.3 Å². The number of esters is 1. The Morgan fingerprint density at radius 3 is 2.35 bits per heavy atom. The van der Waals surface area contributed by atoms with Crippen molar-refractivity contribution in [1.29, 1.82) is 0 Å². The van der Waals surface area contributed by atoms with Gasteiger partial charge in [0.05, 0.1) is 18.2 Å². The van der Waals surface area contributed by atoms with Crippen LogP contribution in [0, 0.1) is 11.8 Å². The highest BCUT2D eigenvalue weighted by atomic mass is 32.1. The van der Waals surface area contributed by atoms with Gasteiger partial charge in [-0.25, -0.2) is 4.98 Å². The molecule has 2 aliphatic heterocycles. The third-order valence-electron chi connectivity index (χ3n) is 6.70. The first kappa shape index (κ1) is 22.0. The average Bonchev–Trinajstić information content (AvgIpc) is 3.22. The first-order chi connectivity index (χ1) is 15.0. The first-order valence-corrected chi connectivity index (χ1v) is 12.2. The molecule has 1 aromatic heterocycles. The zero-order valence-electron chi connectivity index (χ0n) is 18.5. The van der Waals surface area contributed by atoms with Crippen LogP contribution in [0.1, 0.15) is 43.7 Å². The molecule has 1 aliphatic carbocycles. The van der Waals surface area contributed by atoms with Gasteiger partial charge in [-0.05, 0) is 39.0 Å². The molecule has 1 aromatic rings. The van der Waals surface area contributed by atoms with Crippen molar-refractivity contribution in [1.82, 2.24) is 14.8 Å². The molecule has 8 nitrogen and oxygen atoms in total. The Balaban J connectivity index is 1.32. The lowest BCUT2D eigenvalue weighted by molar-refractivity contribution is -0.151. The van der Waals surface area contributed by atoms with E-state index in [0.29, 0.717) is 32.5 Å². The first-order valence-electron chi connectivity index (χ1n) is 11.4. The largest absolute Gasteiger partial charge is 0.466 e. The fourth-order valence-electron chi connectivity index (χ4n) is 4.77. The molecule has 3 aliphatic rings. The molecule has 9 heteroatoms. The maximum absolute atomic E-state index is 13.1. The van der Waals surface area contributed by atoms with Crippen molar-refractivity contribution in [3.63, 3.8) is 0 Å². The zero-order chi connectivity index (χ0) is 22.0. The van der Waals surface area contributed by atoms with E-state index in [9.17, 15) is 14.4 Å². The summed E-state index contributed by atoms with van der Waals surface area (Å²) in [6.07, 6.45) is 3.83. The molecule has 0 radical (unpaired) electrons. The van der Waals surface area contributed by atoms with E-state index < -0.39 is 0 Å². The third-order valence-corrected chi connectivity index (χ3v) is 7.88. The topological polar surface area (TPSA) is 83.1 Å². The number of aryl methyl sites for hydroxylation is 1. The summed E-state index contributed by atoms with van der Waals surface area (Å²) in [4.78, 5) is 48.8. The third kappa shape index (κ3) is 4.86. The van der Waals surface area contributed by atoms with Gasteiger partial charge in [0.15, 0.2) is 5.13 Å². The summed E-state index contributed by atoms with van der Waals surface area (Å²) in [6.45, 7) is 8.23. The number of carbonyl (C=O) groups is 3. The van der Waals surface area contributed by atoms with Crippen LogP contribution in [0.25, 0.3) is 0 Å². The smallest absolute Gasteiger partial charge is 0.309 e. The summed E-state index contributed by atoms with van der Waals surface area (Å²) in [5.41, 5.74) is 1.14. The molecule has 3 heterocycles. The summed E-state index contributed by atoms with van der Waals surface area (Å²) in [7, 11) is 0. The molecule has 2 amide bonds. The molecule has 170 valence electrons. The molecule has 0 spiro atoms. The zero-order valence-corrected chi connectivity index (χ0v) is 19.3. The van der Waals surface area contributed by atoms with Crippen molar-refractivity contribution in [2.75, 3.05) is 50.8 Å². The number of thiazole rings is 1. The van der Waals surface area contributed by atoms with Crippen molar-refractivity contribution in [2.24, 2.45) is 11.8 Å². The van der Waals surface area contributed by atoms with E-state index in [1.165, 1.54) is 4.88 Å². The van der Waals surface area contributed by atoms with Crippen LogP contribution in [0.3, 0.4) is 0 Å². The number of piperazine rings is 1. The number of piperidine rings is 1. The van der Waals surface area contributed by atoms with Gasteiger partial charge in [-0.3, -0.25) is 14.4 Å². The summed E-state index contributed by atoms with van der Waals surface area (Å²) in [5, 5.41) is 1.02. The Hall–Kier alpha value is -2.16. The van der Waals surface area contributed by atoms with Gasteiger partial charge in [0.25, 0.3) is 0 Å². The Morgan fingerprint density at radius 2 is 1.71 bits per heavy atom. The maximum Gasteiger partial charge on any atom is 0.309 e. The number of aromatic nitrogens is 1. The van der Waals surface area contributed by atoms with Gasteiger partial charge < -0.3 is 19.4 Å². The number of carbonyl (C=O) groups excluding carboxylic acids is 3. The minimum atomic E-state index is -0.127. The fourth-order valence-corrected chi connectivity index (χ4v) is 6.01. The standard InChI is InChI=1S/C22H32N4O4S/c1-3-30-21(29)16-6-8-25(9-7-16)20(28)17-4-5-18-19(14-17)31-22(23-18)26-12-10-24(11-13-26)15(2)27/h16-17H,3-14H2,1-2H3. The van der Waals surface area contributed by atoms with Crippen LogP contribution in [0.5, 0.6) is 0 Å². The second-order valence-corrected chi connectivity index (χ2v) is 9.71. The average molecular weight is 449 g/mol. The number of likely N-dealkylation sites (tertiary alicyclic amines) is 1. The lowest BCUT2D eigenvalue weighted by Crippen LogP contribution is -2.48. The normalized spacial score (nSPS) is 22.3. The lowest BCUT2D eigenvalue weighted by atomic mass is 9.88. The molecule has 0 saturated carbocycles. The predicted octanol–water partition coefficient (Wildman–Crippen LogP) is 1.72. The van der Waals surface area contributed by atoms with Crippen molar-refractivity contribution in [3.05, 3.63) is 10.6 Å². The second-order valence-electron chi connectivity index (χ2n) is 8.65. The summed E-state index contributed by atoms with van der Waals surface area (Å²) < 4.78 is 5.13. The van der Waals surface area contributed by atoms with Crippen molar-refractivity contribution < 1.29 is 19.1 Å². The molecule has 1 unspecified atom stereocenters. The molecule has 2 saturated heterocycles. The van der Waals surface area contributed by atoms with Crippen LogP contribution >= 0.6 is 11.3 Å². The minimum absolute atomic E-state index is 0.00880. The number of fused-ring (bicyclic) bond motifs is 1. The predicted molar refractivity (Wildman–Crippen MR) is 118 cm³/mol. The number of nitrogens with zero attached hydrogens (tertiary/aromatic N) is 4. The van der Waals surface area contributed by atoms with E-state index in [1.807, 2.05) is 16.7 Å². The molecular formula is C22H32N4O4S. The highest BCUT2D eigenvalue weighted by molar-refractivity contribution is 7.15. The van der Waals surface area contributed by atoms with Crippen LogP contribution in [0.2, 0.25) is 0 Å². The molecule has 0 bridgehead atoms. The Labute approximate surface area is 187 Å². The molecule has 0 aromatic carbocycles. The van der Waals surface area contributed by atoms with Gasteiger partial charge in [0.2, 0.25) is 11.8 Å². The Morgan fingerprint density at radius 1 is 1.00 bits per heavy atom. The molecule has 0 N–H and O–H groups in total. The van der Waals surface area contributed by atoms with Gasteiger partial charge in [-0.1, -0.05) is 0 Å². The van der Waals surface area contributed by atoms with Crippen LogP contribution in [0.4, 0.5) is 5.13 Å². The molecule has 1 atom stereocenters. The van der Waals surface area contributed by atoms with Crippen molar-refractivity contribution >= 4 is 34.3 Å². The van der Waals surface area contributed by atoms with Crippen molar-refractivity contribution in [2.45, 2.75) is 46.0 Å². The summed E-state index contributed by atoms with van der Waals surface area (Å²) >= 11 is 1.71. The van der Waals surface area contributed by atoms with Crippen LogP contribution < -0.4 is 4.90 Å². The van der Waals surface area contributed by atoms with Gasteiger partial charge in [0.1, 0.15) is 0 Å². The second kappa shape index (κ2) is 9.54. The minimum Gasteiger partial charge on any atom is -0.466 e. The van der Waals surface area contributed by atoms with E-state index in [4.69, 9.17) is 9.72 Å². The van der Waals surface area contributed by atoms with E-state index in [-0.39, 0.29) is 29.6 Å². The summed E-state index contributed by atoms with van der Waals surface area (Å²) in [5.74, 6) is 0.158. The quantitative estimate of drug-likeness (QED) is 0.653. The van der Waals surface area contributed by atoms with Crippen LogP contribution in [0.15, 0.2) is 0 Å². The van der Waals surface area contributed by atoms with Gasteiger partial charge in [0, 0.05) is 57.0 Å². The SMILES string of the molecule is CCOC(=O)C1CCN(C(=O)C2CCc3nc(N4CCN(C(C)=O)CC4)sc3C2)CC1. The van der Waals surface area contributed by atoms with Gasteiger partial charge in [-0.15, -0.1) is 11.3 Å². The van der Waals surface area contributed by atoms with Crippen molar-refractivity contribution in [3.8, 4) is 0 Å². The fraction of sp³-hybridized carbons (Fsp3) is 0.727. The highest BCUT2D eigenvalue weighted by Gasteiger charge is 2.34. The monoisotopic (exact) mass is 448 g/mol. The number of rotatable bonds is 4. The molecule has 2 fully saturated rings. The number of amides is 2. The van der Waals surface area contributed by atoms with Crippen LogP contribution in [-0.4, -0.2) is 78.4 Å². The Kier molecular flexibility index (Phi) is 6.79. The molecule has 4 rings (SSSR count). The molecule has 31 heavy (non-hydrogen) atoms. The number of ether oxygens (including phenoxy) is 1. The number of hydrogen-bond acceptors (Lipinski definition) is 7. The summed E-state index contributed by atoms with van der Waals surface area (Å²) in [6, 6.07) is 0. The molecular weight excluding hydrogens is 416 g/mol. The lowest BCUT2D eigenvalue weighted by Gasteiger charge is -2.34.